The fourth-order valence-electron chi connectivity index (χ4n) is 0.503. The van der Waals surface area contributed by atoms with Gasteiger partial charge < -0.3 is 0 Å². The van der Waals surface area contributed by atoms with Crippen LogP contribution in [0, 0.1) is 0 Å². The van der Waals surface area contributed by atoms with Crippen molar-refractivity contribution in [2.75, 3.05) is 0 Å². The van der Waals surface area contributed by atoms with Gasteiger partial charge in [-0.15, -0.1) is 58.0 Å². The van der Waals surface area contributed by atoms with Crippen LogP contribution in [0.1, 0.15) is 0 Å². The quantitative estimate of drug-likeness (QED) is 0.523. The van der Waals surface area contributed by atoms with Gasteiger partial charge in [-0.05, 0) is 0 Å². The van der Waals surface area contributed by atoms with Gasteiger partial charge in [-0.25, -0.2) is 0 Å². The average Bonchev–Trinajstić information content (AvgIpc) is 2.14. The minimum Gasteiger partial charge on any atom is -0.275 e. The van der Waals surface area contributed by atoms with Gasteiger partial charge in [0.05, 0.1) is 13.9 Å². The highest BCUT2D eigenvalue weighted by Gasteiger charge is 2.41. The molecule has 74 valence electrons. The lowest BCUT2D eigenvalue weighted by atomic mass is 10.3. The van der Waals surface area contributed by atoms with Crippen LogP contribution < -0.4 is 0 Å². The first-order chi connectivity index (χ1) is 5.86. The first kappa shape index (κ1) is 16.1. The number of halogens is 7. The molecule has 0 aliphatic heterocycles. The molecule has 0 spiro atoms. The smallest absolute Gasteiger partial charge is 0.275 e. The maximum atomic E-state index is 5.91. The van der Waals surface area contributed by atoms with Gasteiger partial charge in [0.1, 0.15) is 0 Å². The molecule has 0 aliphatic rings. The van der Waals surface area contributed by atoms with Crippen LogP contribution in [0.5, 0.6) is 0 Å². The third kappa shape index (κ3) is 5.30. The summed E-state index contributed by atoms with van der Waals surface area (Å²) in [5.74, 6) is 0. The Hall–Kier alpha value is 3.09. The van der Waals surface area contributed by atoms with Crippen molar-refractivity contribution in [3.63, 3.8) is 0 Å². The van der Waals surface area contributed by atoms with E-state index in [0.717, 1.165) is 0 Å². The lowest BCUT2D eigenvalue weighted by Gasteiger charge is -2.28. The van der Waals surface area contributed by atoms with E-state index in [9.17, 15) is 0 Å². The summed E-state index contributed by atoms with van der Waals surface area (Å²) in [4.78, 5) is 0. The van der Waals surface area contributed by atoms with Crippen molar-refractivity contribution in [1.29, 1.82) is 0 Å². The van der Waals surface area contributed by atoms with E-state index in [-0.39, 0.29) is 0 Å². The molecule has 0 bridgehead atoms. The predicted octanol–water partition coefficient (Wildman–Crippen LogP) is 3.61. The van der Waals surface area contributed by atoms with E-state index in [0.29, 0.717) is 0 Å². The van der Waals surface area contributed by atoms with Gasteiger partial charge in [-0.3, -0.25) is 20.1 Å². The van der Waals surface area contributed by atoms with Crippen molar-refractivity contribution in [3.05, 3.63) is 0 Å². The Labute approximate surface area is 123 Å². The Morgan fingerprint density at radius 1 is 1.00 bits per heavy atom. The highest BCUT2D eigenvalue weighted by Crippen LogP contribution is 2.35. The fourth-order valence-corrected chi connectivity index (χ4v) is 4.13. The second-order valence-electron chi connectivity index (χ2n) is 2.20. The summed E-state index contributed by atoms with van der Waals surface area (Å²) < 4.78 is -1.60. The molecule has 3 unspecified atom stereocenters. The van der Waals surface area contributed by atoms with Crippen molar-refractivity contribution in [1.82, 2.24) is 0 Å². The number of hydrogen-bond acceptors (Lipinski definition) is 0. The normalized spacial score (nSPS) is 19.0. The Bertz CT molecular complexity index is 153. The van der Waals surface area contributed by atoms with E-state index < -0.39 is 46.8 Å². The molecule has 3 atom stereocenters. The van der Waals surface area contributed by atoms with Crippen molar-refractivity contribution in [2.45, 2.75) is 18.2 Å². The fraction of sp³-hybridized carbons (Fsp3) is 1.00. The van der Waals surface area contributed by atoms with E-state index in [2.05, 4.69) is 0 Å². The van der Waals surface area contributed by atoms with Gasteiger partial charge in [0.2, 0.25) is 0 Å². The number of alkyl halides is 5. The molecule has 0 aromatic heterocycles. The molecule has 0 amide bonds. The van der Waals surface area contributed by atoms with Crippen LogP contribution in [-0.2, 0) is 0 Å². The monoisotopic (exact) mass is 350 g/mol. The first-order valence-corrected chi connectivity index (χ1v) is 9.85. The van der Waals surface area contributed by atoms with Crippen LogP contribution in [0.4, 0.5) is 0 Å². The molecule has 0 heterocycles. The molecule has 9 heteroatoms. The number of hydrogen-bond donors (Lipinski definition) is 0. The topological polar surface area (TPSA) is 0 Å². The first-order valence-electron chi connectivity index (χ1n) is 3.05. The molecule has 0 saturated carbocycles. The van der Waals surface area contributed by atoms with Crippen LogP contribution in [-0.4, -0.2) is 46.8 Å². The number of rotatable bonds is 5. The van der Waals surface area contributed by atoms with Gasteiger partial charge >= 0.3 is 28.6 Å². The van der Waals surface area contributed by atoms with E-state index in [1.54, 1.807) is 0 Å². The highest BCUT2D eigenvalue weighted by molar-refractivity contribution is 7.04. The molecule has 0 nitrogen and oxygen atoms in total. The Morgan fingerprint density at radius 3 is 1.77 bits per heavy atom. The second kappa shape index (κ2) is 7.43. The van der Waals surface area contributed by atoms with Crippen LogP contribution in [0.2, 0.25) is 0 Å². The summed E-state index contributed by atoms with van der Waals surface area (Å²) in [6.07, 6.45) is 0. The van der Waals surface area contributed by atoms with Crippen molar-refractivity contribution < 1.29 is 0 Å². The van der Waals surface area contributed by atoms with Crippen LogP contribution in [0.25, 0.3) is 0 Å². The molecule has 0 aromatic rings. The van der Waals surface area contributed by atoms with E-state index >= 15 is 0 Å². The zero-order valence-electron chi connectivity index (χ0n) is 6.03. The molecule has 0 saturated heterocycles. The summed E-state index contributed by atoms with van der Waals surface area (Å²) in [6.45, 7) is 0. The largest absolute Gasteiger partial charge is 0.411 e. The third-order valence-electron chi connectivity index (χ3n) is 1.22. The Balaban J connectivity index is 4.32. The van der Waals surface area contributed by atoms with Crippen LogP contribution in [0.15, 0.2) is 0 Å². The van der Waals surface area contributed by atoms with E-state index in [1.165, 1.54) is 0 Å². The van der Waals surface area contributed by atoms with Gasteiger partial charge in [0.15, 0.2) is 0 Å². The molecular weight excluding hydrogens is 350 g/mol. The summed E-state index contributed by atoms with van der Waals surface area (Å²) in [5, 5.41) is -1.27. The predicted molar refractivity (Wildman–Crippen MR) is 66.6 cm³/mol. The van der Waals surface area contributed by atoms with Gasteiger partial charge in [0.25, 0.3) is 0 Å². The van der Waals surface area contributed by atoms with Crippen molar-refractivity contribution in [3.8, 4) is 0 Å². The molecule has 2 radical (unpaired) electrons. The SMILES string of the molecule is [Cl][Al][CH](Cl)C(Cl)C(Cl)[C](Cl)(Cl)[Al][Cl]. The molecule has 13 heavy (non-hydrogen) atoms. The Morgan fingerprint density at radius 2 is 1.46 bits per heavy atom. The molecule has 0 rings (SSSR count). The summed E-state index contributed by atoms with van der Waals surface area (Å²) in [7, 11) is 11.2. The van der Waals surface area contributed by atoms with Crippen LogP contribution >= 0.6 is 78.1 Å². The molecule has 0 aromatic carbocycles. The minimum atomic E-state index is -1.20. The third-order valence-corrected chi connectivity index (χ3v) is 9.28. The van der Waals surface area contributed by atoms with Crippen molar-refractivity contribution >= 4 is 107 Å². The van der Waals surface area contributed by atoms with Crippen molar-refractivity contribution in [2.24, 2.45) is 0 Å². The molecule has 0 aliphatic carbocycles. The lowest BCUT2D eigenvalue weighted by Crippen LogP contribution is -2.42. The molecule has 0 fully saturated rings. The molecule has 0 N–H and O–H groups in total. The Kier molecular flexibility index (Phi) is 9.19. The minimum absolute atomic E-state index is 0.398. The zero-order chi connectivity index (χ0) is 10.6. The second-order valence-corrected chi connectivity index (χ2v) is 9.79. The highest BCUT2D eigenvalue weighted by atomic mass is 35.6. The summed E-state index contributed by atoms with van der Waals surface area (Å²) in [6, 6.07) is 0. The van der Waals surface area contributed by atoms with Gasteiger partial charge in [-0.2, -0.15) is 0 Å². The zero-order valence-corrected chi connectivity index (χ0v) is 13.6. The standard InChI is InChI=1S/C4H3Cl5.2Al.2ClH/c5-1-2(6)3(7)4(8)9;;;;/h1-3H;;;2*1H/q;2*+1;;/p-2. The van der Waals surface area contributed by atoms with Gasteiger partial charge in [-0.1, -0.05) is 0 Å². The summed E-state index contributed by atoms with van der Waals surface area (Å²) in [5.41, 5.74) is 0. The lowest BCUT2D eigenvalue weighted by molar-refractivity contribution is 0.817. The maximum Gasteiger partial charge on any atom is 0.411 e. The maximum absolute atomic E-state index is 5.91. The summed E-state index contributed by atoms with van der Waals surface area (Å²) >= 11 is 28.1. The van der Waals surface area contributed by atoms with E-state index in [4.69, 9.17) is 78.1 Å². The van der Waals surface area contributed by atoms with E-state index in [1.807, 2.05) is 0 Å². The van der Waals surface area contributed by atoms with Crippen LogP contribution in [0.3, 0.4) is 0 Å². The molecular formula is C4H3Al2Cl7. The average molecular weight is 353 g/mol. The van der Waals surface area contributed by atoms with Gasteiger partial charge in [0, 0.05) is 4.24 Å².